The summed E-state index contributed by atoms with van der Waals surface area (Å²) in [6.07, 6.45) is 2.96. The van der Waals surface area contributed by atoms with Crippen molar-refractivity contribution >= 4 is 5.91 Å². The van der Waals surface area contributed by atoms with Gasteiger partial charge in [0.2, 0.25) is 0 Å². The summed E-state index contributed by atoms with van der Waals surface area (Å²) in [4.78, 5) is 13.6. The van der Waals surface area contributed by atoms with Crippen molar-refractivity contribution in [3.63, 3.8) is 0 Å². The molecule has 14 heavy (non-hydrogen) atoms. The van der Waals surface area contributed by atoms with E-state index in [9.17, 15) is 9.90 Å². The lowest BCUT2D eigenvalue weighted by Crippen LogP contribution is -2.46. The number of hydrogen-bond donors (Lipinski definition) is 1. The van der Waals surface area contributed by atoms with Gasteiger partial charge in [0, 0.05) is 19.7 Å². The summed E-state index contributed by atoms with van der Waals surface area (Å²) < 4.78 is 5.33. The number of β-amino-alcohol motifs (C(OH)–C–C–N with tert-alkyl or cyclic N) is 1. The zero-order chi connectivity index (χ0) is 9.97. The van der Waals surface area contributed by atoms with E-state index < -0.39 is 0 Å². The molecular weight excluding hydrogens is 182 g/mol. The minimum absolute atomic E-state index is 0.0706. The number of aliphatic hydroxyl groups is 1. The fourth-order valence-corrected chi connectivity index (χ4v) is 2.13. The summed E-state index contributed by atoms with van der Waals surface area (Å²) >= 11 is 0. The molecular formula is C10H17NO3. The van der Waals surface area contributed by atoms with Crippen molar-refractivity contribution in [3.8, 4) is 0 Å². The highest BCUT2D eigenvalue weighted by molar-refractivity contribution is 5.81. The summed E-state index contributed by atoms with van der Waals surface area (Å²) in [5, 5.41) is 9.44. The van der Waals surface area contributed by atoms with Gasteiger partial charge < -0.3 is 14.7 Å². The third-order valence-electron chi connectivity index (χ3n) is 2.91. The van der Waals surface area contributed by atoms with Crippen molar-refractivity contribution in [2.75, 3.05) is 19.7 Å². The average molecular weight is 199 g/mol. The summed E-state index contributed by atoms with van der Waals surface area (Å²) in [6, 6.07) is 0. The van der Waals surface area contributed by atoms with Crippen LogP contribution >= 0.6 is 0 Å². The van der Waals surface area contributed by atoms with Crippen LogP contribution in [0.2, 0.25) is 0 Å². The van der Waals surface area contributed by atoms with Gasteiger partial charge in [-0.2, -0.15) is 0 Å². The topological polar surface area (TPSA) is 49.8 Å². The van der Waals surface area contributed by atoms with Crippen molar-refractivity contribution in [1.29, 1.82) is 0 Å². The lowest BCUT2D eigenvalue weighted by molar-refractivity contribution is -0.143. The van der Waals surface area contributed by atoms with Crippen LogP contribution in [0.25, 0.3) is 0 Å². The standard InChI is InChI=1S/C10H17NO3/c12-8-3-1-5-11(7-8)10(13)9-4-2-6-14-9/h8-9,12H,1-7H2/t8?,9-/m0/s1. The monoisotopic (exact) mass is 199 g/mol. The number of carbonyl (C=O) groups is 1. The Kier molecular flexibility index (Phi) is 3.03. The summed E-state index contributed by atoms with van der Waals surface area (Å²) in [5.74, 6) is 0.0706. The van der Waals surface area contributed by atoms with E-state index in [-0.39, 0.29) is 18.1 Å². The molecule has 0 radical (unpaired) electrons. The van der Waals surface area contributed by atoms with Gasteiger partial charge >= 0.3 is 0 Å². The van der Waals surface area contributed by atoms with Crippen LogP contribution in [0.5, 0.6) is 0 Å². The molecule has 2 atom stereocenters. The van der Waals surface area contributed by atoms with Crippen LogP contribution < -0.4 is 0 Å². The number of rotatable bonds is 1. The fourth-order valence-electron chi connectivity index (χ4n) is 2.13. The molecule has 0 aromatic carbocycles. The Morgan fingerprint density at radius 1 is 1.36 bits per heavy atom. The highest BCUT2D eigenvalue weighted by Crippen LogP contribution is 2.17. The number of hydrogen-bond acceptors (Lipinski definition) is 3. The number of nitrogens with zero attached hydrogens (tertiary/aromatic N) is 1. The number of carbonyl (C=O) groups excluding carboxylic acids is 1. The molecule has 2 aliphatic heterocycles. The van der Waals surface area contributed by atoms with E-state index >= 15 is 0 Å². The van der Waals surface area contributed by atoms with Crippen molar-refractivity contribution in [2.24, 2.45) is 0 Å². The third kappa shape index (κ3) is 2.07. The Morgan fingerprint density at radius 3 is 2.86 bits per heavy atom. The molecule has 1 amide bonds. The van der Waals surface area contributed by atoms with Crippen molar-refractivity contribution < 1.29 is 14.6 Å². The van der Waals surface area contributed by atoms with Crippen molar-refractivity contribution in [2.45, 2.75) is 37.9 Å². The Bertz CT molecular complexity index is 213. The highest BCUT2D eigenvalue weighted by Gasteiger charge is 2.30. The molecule has 2 heterocycles. The van der Waals surface area contributed by atoms with Gasteiger partial charge in [-0.15, -0.1) is 0 Å². The highest BCUT2D eigenvalue weighted by atomic mass is 16.5. The first-order valence-electron chi connectivity index (χ1n) is 5.36. The first-order valence-corrected chi connectivity index (χ1v) is 5.36. The minimum Gasteiger partial charge on any atom is -0.391 e. The second kappa shape index (κ2) is 4.28. The number of piperidine rings is 1. The molecule has 2 fully saturated rings. The summed E-state index contributed by atoms with van der Waals surface area (Å²) in [7, 11) is 0. The van der Waals surface area contributed by atoms with Crippen LogP contribution in [-0.4, -0.2) is 47.8 Å². The van der Waals surface area contributed by atoms with Crippen LogP contribution in [0, 0.1) is 0 Å². The van der Waals surface area contributed by atoms with E-state index in [0.717, 1.165) is 32.2 Å². The van der Waals surface area contributed by atoms with Crippen LogP contribution in [0.1, 0.15) is 25.7 Å². The van der Waals surface area contributed by atoms with Crippen LogP contribution in [0.3, 0.4) is 0 Å². The minimum atomic E-state index is -0.339. The Hall–Kier alpha value is -0.610. The molecule has 4 heteroatoms. The molecule has 0 aromatic heterocycles. The van der Waals surface area contributed by atoms with Gasteiger partial charge in [-0.25, -0.2) is 0 Å². The van der Waals surface area contributed by atoms with Crippen molar-refractivity contribution in [3.05, 3.63) is 0 Å². The Labute approximate surface area is 83.8 Å². The number of likely N-dealkylation sites (tertiary alicyclic amines) is 1. The molecule has 80 valence electrons. The third-order valence-corrected chi connectivity index (χ3v) is 2.91. The first-order chi connectivity index (χ1) is 6.77. The zero-order valence-corrected chi connectivity index (χ0v) is 8.32. The fraction of sp³-hybridized carbons (Fsp3) is 0.900. The largest absolute Gasteiger partial charge is 0.391 e. The van der Waals surface area contributed by atoms with E-state index in [0.29, 0.717) is 13.2 Å². The molecule has 1 N–H and O–H groups in total. The molecule has 4 nitrogen and oxygen atoms in total. The van der Waals surface area contributed by atoms with E-state index in [1.54, 1.807) is 4.90 Å². The second-order valence-electron chi connectivity index (χ2n) is 4.08. The smallest absolute Gasteiger partial charge is 0.251 e. The molecule has 0 spiro atoms. The predicted octanol–water partition coefficient (Wildman–Crippen LogP) is 0.149. The SMILES string of the molecule is O=C([C@@H]1CCCO1)N1CCCC(O)C1. The van der Waals surface area contributed by atoms with Crippen molar-refractivity contribution in [1.82, 2.24) is 4.90 Å². The molecule has 0 aliphatic carbocycles. The van der Waals surface area contributed by atoms with Gasteiger partial charge in [0.15, 0.2) is 0 Å². The molecule has 2 rings (SSSR count). The van der Waals surface area contributed by atoms with Gasteiger partial charge in [0.25, 0.3) is 5.91 Å². The second-order valence-corrected chi connectivity index (χ2v) is 4.08. The number of aliphatic hydroxyl groups excluding tert-OH is 1. The van der Waals surface area contributed by atoms with Gasteiger partial charge in [0.1, 0.15) is 6.10 Å². The normalized spacial score (nSPS) is 33.4. The molecule has 0 bridgehead atoms. The van der Waals surface area contributed by atoms with E-state index in [2.05, 4.69) is 0 Å². The molecule has 0 saturated carbocycles. The predicted molar refractivity (Wildman–Crippen MR) is 50.8 cm³/mol. The average Bonchev–Trinajstić information content (AvgIpc) is 2.69. The van der Waals surface area contributed by atoms with Crippen LogP contribution in [0.4, 0.5) is 0 Å². The van der Waals surface area contributed by atoms with Gasteiger partial charge in [0.05, 0.1) is 6.10 Å². The van der Waals surface area contributed by atoms with E-state index in [1.165, 1.54) is 0 Å². The first kappa shape index (κ1) is 9.93. The lowest BCUT2D eigenvalue weighted by atomic mass is 10.1. The molecule has 2 aliphatic rings. The van der Waals surface area contributed by atoms with Gasteiger partial charge in [-0.05, 0) is 25.7 Å². The summed E-state index contributed by atoms with van der Waals surface area (Å²) in [6.45, 7) is 1.96. The van der Waals surface area contributed by atoms with Gasteiger partial charge in [-0.1, -0.05) is 0 Å². The van der Waals surface area contributed by atoms with Crippen LogP contribution in [0.15, 0.2) is 0 Å². The molecule has 0 aromatic rings. The number of ether oxygens (including phenoxy) is 1. The Morgan fingerprint density at radius 2 is 2.21 bits per heavy atom. The number of amides is 1. The lowest BCUT2D eigenvalue weighted by Gasteiger charge is -2.31. The van der Waals surface area contributed by atoms with Gasteiger partial charge in [-0.3, -0.25) is 4.79 Å². The molecule has 2 saturated heterocycles. The maximum Gasteiger partial charge on any atom is 0.251 e. The van der Waals surface area contributed by atoms with E-state index in [1.807, 2.05) is 0 Å². The molecule has 1 unspecified atom stereocenters. The quantitative estimate of drug-likeness (QED) is 0.654. The zero-order valence-electron chi connectivity index (χ0n) is 8.32. The van der Waals surface area contributed by atoms with E-state index in [4.69, 9.17) is 4.74 Å². The maximum atomic E-state index is 11.8. The maximum absolute atomic E-state index is 11.8. The summed E-state index contributed by atoms with van der Waals surface area (Å²) in [5.41, 5.74) is 0. The van der Waals surface area contributed by atoms with Crippen LogP contribution in [-0.2, 0) is 9.53 Å². The Balaban J connectivity index is 1.89.